The molecule has 0 aliphatic carbocycles. The van der Waals surface area contributed by atoms with Crippen molar-refractivity contribution in [3.05, 3.63) is 27.8 Å². The molecule has 170 valence electrons. The molecule has 1 rings (SSSR count). The van der Waals surface area contributed by atoms with Crippen LogP contribution in [0.4, 0.5) is 5.69 Å². The van der Waals surface area contributed by atoms with E-state index < -0.39 is 22.5 Å². The SMILES string of the molecule is CC.CC.CC.CC.Cc1c(NC(=O)C(C)O)c(C)c(C(=O)Cl)c(C)c1C(=O)Cl. The van der Waals surface area contributed by atoms with E-state index in [1.54, 1.807) is 20.8 Å². The van der Waals surface area contributed by atoms with Crippen molar-refractivity contribution in [1.29, 1.82) is 0 Å². The summed E-state index contributed by atoms with van der Waals surface area (Å²) >= 11 is 11.1. The highest BCUT2D eigenvalue weighted by atomic mass is 35.5. The minimum Gasteiger partial charge on any atom is -0.384 e. The van der Waals surface area contributed by atoms with Crippen LogP contribution in [0.15, 0.2) is 0 Å². The molecule has 5 nitrogen and oxygen atoms in total. The molecule has 7 heteroatoms. The lowest BCUT2D eigenvalue weighted by Gasteiger charge is -2.19. The van der Waals surface area contributed by atoms with Crippen LogP contribution < -0.4 is 5.32 Å². The zero-order valence-corrected chi connectivity index (χ0v) is 21.5. The number of aliphatic hydroxyl groups is 1. The minimum atomic E-state index is -1.24. The molecule has 1 amide bonds. The van der Waals surface area contributed by atoms with Crippen molar-refractivity contribution in [2.75, 3.05) is 5.32 Å². The number of hydrogen-bond acceptors (Lipinski definition) is 4. The monoisotopic (exact) mass is 451 g/mol. The van der Waals surface area contributed by atoms with Crippen LogP contribution in [-0.4, -0.2) is 27.6 Å². The summed E-state index contributed by atoms with van der Waals surface area (Å²) in [6.07, 6.45) is -1.24. The van der Waals surface area contributed by atoms with Crippen LogP contribution in [0.5, 0.6) is 0 Å². The average Bonchev–Trinajstić information content (AvgIpc) is 2.70. The van der Waals surface area contributed by atoms with Crippen LogP contribution in [0.1, 0.15) is 99.7 Å². The Labute approximate surface area is 187 Å². The van der Waals surface area contributed by atoms with Gasteiger partial charge in [0.25, 0.3) is 16.4 Å². The topological polar surface area (TPSA) is 83.5 Å². The van der Waals surface area contributed by atoms with Crippen molar-refractivity contribution < 1.29 is 19.5 Å². The Balaban J connectivity index is -0.000000347. The van der Waals surface area contributed by atoms with E-state index in [-0.39, 0.29) is 16.8 Å². The third kappa shape index (κ3) is 10.8. The number of hydrogen-bond donors (Lipinski definition) is 2. The van der Waals surface area contributed by atoms with Gasteiger partial charge in [0, 0.05) is 16.8 Å². The molecule has 0 saturated carbocycles. The van der Waals surface area contributed by atoms with Crippen molar-refractivity contribution in [2.45, 2.75) is 89.2 Å². The number of amides is 1. The fourth-order valence-electron chi connectivity index (χ4n) is 2.22. The van der Waals surface area contributed by atoms with Crippen LogP contribution >= 0.6 is 23.2 Å². The molecule has 0 heterocycles. The molecule has 29 heavy (non-hydrogen) atoms. The Bertz CT molecular complexity index is 601. The van der Waals surface area contributed by atoms with Gasteiger partial charge in [-0.3, -0.25) is 14.4 Å². The molecule has 0 aromatic heterocycles. The van der Waals surface area contributed by atoms with Gasteiger partial charge in [-0.05, 0) is 67.6 Å². The first-order chi connectivity index (χ1) is 13.6. The molecule has 0 fully saturated rings. The maximum Gasteiger partial charge on any atom is 0.253 e. The van der Waals surface area contributed by atoms with Gasteiger partial charge < -0.3 is 10.4 Å². The van der Waals surface area contributed by atoms with E-state index in [0.717, 1.165) is 0 Å². The van der Waals surface area contributed by atoms with Gasteiger partial charge in [-0.15, -0.1) is 0 Å². The van der Waals surface area contributed by atoms with Crippen molar-refractivity contribution in [2.24, 2.45) is 0 Å². The minimum absolute atomic E-state index is 0.118. The quantitative estimate of drug-likeness (QED) is 0.493. The first-order valence-electron chi connectivity index (χ1n) is 10.1. The fourth-order valence-corrected chi connectivity index (χ4v) is 2.79. The number of nitrogens with one attached hydrogen (secondary N) is 1. The van der Waals surface area contributed by atoms with Crippen LogP contribution in [0.3, 0.4) is 0 Å². The number of carbonyl (C=O) groups is 3. The predicted octanol–water partition coefficient (Wildman–Crippen LogP) is 6.79. The summed E-state index contributed by atoms with van der Waals surface area (Å²) in [5.74, 6) is -0.661. The smallest absolute Gasteiger partial charge is 0.253 e. The molecule has 1 unspecified atom stereocenters. The molecule has 0 saturated heterocycles. The highest BCUT2D eigenvalue weighted by Gasteiger charge is 2.25. The lowest BCUT2D eigenvalue weighted by atomic mass is 9.92. The molecule has 1 aromatic carbocycles. The van der Waals surface area contributed by atoms with Crippen molar-refractivity contribution in [3.8, 4) is 0 Å². The molecule has 0 radical (unpaired) electrons. The first kappa shape index (κ1) is 35.0. The molecular weight excluding hydrogens is 413 g/mol. The number of anilines is 1. The highest BCUT2D eigenvalue weighted by Crippen LogP contribution is 2.33. The maximum atomic E-state index is 11.7. The molecule has 2 N–H and O–H groups in total. The summed E-state index contributed by atoms with van der Waals surface area (Å²) < 4.78 is 0. The van der Waals surface area contributed by atoms with Gasteiger partial charge in [0.1, 0.15) is 6.10 Å². The van der Waals surface area contributed by atoms with Crippen molar-refractivity contribution >= 4 is 45.3 Å². The second-order valence-electron chi connectivity index (χ2n) is 4.71. The molecule has 0 aliphatic heterocycles. The van der Waals surface area contributed by atoms with Crippen LogP contribution in [0.25, 0.3) is 0 Å². The Morgan fingerprint density at radius 3 is 1.21 bits per heavy atom. The Morgan fingerprint density at radius 2 is 1.00 bits per heavy atom. The standard InChI is InChI=1S/C14H15Cl2NO4.4C2H6/c1-5-9(12(15)19)6(2)11(17-14(21)8(4)18)7(3)10(5)13(16)20;4*1-2/h8,18H,1-4H3,(H,17,21);4*1-2H3. The molecule has 1 atom stereocenters. The van der Waals surface area contributed by atoms with Crippen molar-refractivity contribution in [1.82, 2.24) is 0 Å². The molecular formula is C22H39Cl2NO4. The average molecular weight is 452 g/mol. The van der Waals surface area contributed by atoms with E-state index in [0.29, 0.717) is 16.7 Å². The number of rotatable bonds is 4. The van der Waals surface area contributed by atoms with Gasteiger partial charge >= 0.3 is 0 Å². The van der Waals surface area contributed by atoms with E-state index in [2.05, 4.69) is 5.32 Å². The fraction of sp³-hybridized carbons (Fsp3) is 0.591. The first-order valence-corrected chi connectivity index (χ1v) is 10.9. The third-order valence-corrected chi connectivity index (χ3v) is 3.65. The van der Waals surface area contributed by atoms with Crippen LogP contribution in [0, 0.1) is 20.8 Å². The summed E-state index contributed by atoms with van der Waals surface area (Å²) in [6.45, 7) is 22.0. The van der Waals surface area contributed by atoms with E-state index >= 15 is 0 Å². The van der Waals surface area contributed by atoms with E-state index in [9.17, 15) is 19.5 Å². The summed E-state index contributed by atoms with van der Waals surface area (Å²) in [4.78, 5) is 34.9. The lowest BCUT2D eigenvalue weighted by Crippen LogP contribution is -2.26. The lowest BCUT2D eigenvalue weighted by molar-refractivity contribution is -0.123. The van der Waals surface area contributed by atoms with Crippen LogP contribution in [0.2, 0.25) is 0 Å². The summed E-state index contributed by atoms with van der Waals surface area (Å²) in [7, 11) is 0. The highest BCUT2D eigenvalue weighted by molar-refractivity contribution is 6.69. The normalized spacial score (nSPS) is 9.48. The second kappa shape index (κ2) is 19.9. The predicted molar refractivity (Wildman–Crippen MR) is 127 cm³/mol. The summed E-state index contributed by atoms with van der Waals surface area (Å²) in [5.41, 5.74) is 1.68. The van der Waals surface area contributed by atoms with E-state index in [1.807, 2.05) is 55.4 Å². The third-order valence-electron chi connectivity index (χ3n) is 3.27. The summed E-state index contributed by atoms with van der Waals surface area (Å²) in [5, 5.41) is 10.3. The zero-order chi connectivity index (χ0) is 24.5. The second-order valence-corrected chi connectivity index (χ2v) is 5.40. The number of carbonyl (C=O) groups excluding carboxylic acids is 3. The number of halogens is 2. The molecule has 1 aromatic rings. The van der Waals surface area contributed by atoms with Gasteiger partial charge in [0.15, 0.2) is 0 Å². The Hall–Kier alpha value is -1.43. The van der Waals surface area contributed by atoms with Crippen LogP contribution in [-0.2, 0) is 4.79 Å². The Morgan fingerprint density at radius 1 is 0.724 bits per heavy atom. The number of aliphatic hydroxyl groups excluding tert-OH is 1. The maximum absolute atomic E-state index is 11.7. The molecule has 0 aliphatic rings. The molecule has 0 bridgehead atoms. The largest absolute Gasteiger partial charge is 0.384 e. The van der Waals surface area contributed by atoms with E-state index in [1.165, 1.54) is 6.92 Å². The zero-order valence-electron chi connectivity index (χ0n) is 20.0. The Kier molecular flexibility index (Phi) is 24.0. The van der Waals surface area contributed by atoms with E-state index in [4.69, 9.17) is 23.2 Å². The summed E-state index contributed by atoms with van der Waals surface area (Å²) in [6, 6.07) is 0. The number of benzene rings is 1. The van der Waals surface area contributed by atoms with Gasteiger partial charge in [0.05, 0.1) is 0 Å². The van der Waals surface area contributed by atoms with Gasteiger partial charge in [-0.1, -0.05) is 55.4 Å². The van der Waals surface area contributed by atoms with Crippen molar-refractivity contribution in [3.63, 3.8) is 0 Å². The van der Waals surface area contributed by atoms with Gasteiger partial charge in [-0.2, -0.15) is 0 Å². The molecule has 0 spiro atoms. The van der Waals surface area contributed by atoms with Gasteiger partial charge in [0.2, 0.25) is 0 Å². The van der Waals surface area contributed by atoms with Gasteiger partial charge in [-0.25, -0.2) is 0 Å².